The lowest BCUT2D eigenvalue weighted by Gasteiger charge is -2.45. The Hall–Kier alpha value is -1.54. The van der Waals surface area contributed by atoms with Gasteiger partial charge in [-0.15, -0.1) is 0 Å². The van der Waals surface area contributed by atoms with Gasteiger partial charge in [0.1, 0.15) is 5.60 Å². The topological polar surface area (TPSA) is 53.3 Å². The van der Waals surface area contributed by atoms with E-state index < -0.39 is 11.0 Å². The van der Waals surface area contributed by atoms with E-state index in [2.05, 4.69) is 22.0 Å². The molecule has 1 aliphatic rings. The highest BCUT2D eigenvalue weighted by Gasteiger charge is 2.47. The van der Waals surface area contributed by atoms with E-state index in [1.54, 1.807) is 4.90 Å². The smallest absolute Gasteiger partial charge is 0.410 e. The van der Waals surface area contributed by atoms with Gasteiger partial charge in [0.05, 0.1) is 11.5 Å². The van der Waals surface area contributed by atoms with Crippen molar-refractivity contribution in [3.8, 4) is 6.07 Å². The van der Waals surface area contributed by atoms with Crippen LogP contribution in [-0.2, 0) is 11.2 Å². The Morgan fingerprint density at radius 2 is 2.05 bits per heavy atom. The van der Waals surface area contributed by atoms with Crippen LogP contribution in [0, 0.1) is 16.7 Å². The molecule has 5 heteroatoms. The SMILES string of the molecule is CC(C)(C)OC(=O)N1CC(C#N)(Cc2ccccc2Br)C1. The second kappa shape index (κ2) is 5.69. The molecule has 21 heavy (non-hydrogen) atoms. The number of halogens is 1. The summed E-state index contributed by atoms with van der Waals surface area (Å²) in [4.78, 5) is 13.5. The van der Waals surface area contributed by atoms with Crippen molar-refractivity contribution in [1.82, 2.24) is 4.90 Å². The molecular formula is C16H19BrN2O2. The fraction of sp³-hybridized carbons (Fsp3) is 0.500. The first kappa shape index (κ1) is 15.8. The number of hydrogen-bond acceptors (Lipinski definition) is 3. The maximum atomic E-state index is 11.9. The summed E-state index contributed by atoms with van der Waals surface area (Å²) in [5, 5.41) is 9.48. The van der Waals surface area contributed by atoms with Gasteiger partial charge in [-0.05, 0) is 38.8 Å². The number of hydrogen-bond donors (Lipinski definition) is 0. The van der Waals surface area contributed by atoms with Gasteiger partial charge in [0, 0.05) is 17.6 Å². The molecule has 1 amide bonds. The molecule has 112 valence electrons. The van der Waals surface area contributed by atoms with Crippen LogP contribution in [0.25, 0.3) is 0 Å². The molecule has 0 atom stereocenters. The van der Waals surface area contributed by atoms with E-state index in [0.717, 1.165) is 10.0 Å². The maximum Gasteiger partial charge on any atom is 0.410 e. The molecule has 0 aromatic heterocycles. The summed E-state index contributed by atoms with van der Waals surface area (Å²) in [7, 11) is 0. The van der Waals surface area contributed by atoms with Crippen molar-refractivity contribution in [2.24, 2.45) is 5.41 Å². The van der Waals surface area contributed by atoms with Crippen LogP contribution >= 0.6 is 15.9 Å². The zero-order valence-electron chi connectivity index (χ0n) is 12.5. The third-order valence-corrected chi connectivity index (χ3v) is 4.14. The van der Waals surface area contributed by atoms with Crippen molar-refractivity contribution in [1.29, 1.82) is 5.26 Å². The van der Waals surface area contributed by atoms with Crippen LogP contribution in [-0.4, -0.2) is 29.7 Å². The maximum absolute atomic E-state index is 11.9. The van der Waals surface area contributed by atoms with Crippen molar-refractivity contribution < 1.29 is 9.53 Å². The first-order valence-corrected chi connectivity index (χ1v) is 7.67. The number of benzene rings is 1. The van der Waals surface area contributed by atoms with E-state index in [9.17, 15) is 10.1 Å². The van der Waals surface area contributed by atoms with E-state index in [0.29, 0.717) is 19.5 Å². The second-order valence-electron chi connectivity index (χ2n) is 6.50. The summed E-state index contributed by atoms with van der Waals surface area (Å²) in [6.07, 6.45) is 0.282. The van der Waals surface area contributed by atoms with Crippen molar-refractivity contribution in [3.05, 3.63) is 34.3 Å². The van der Waals surface area contributed by atoms with Gasteiger partial charge in [-0.2, -0.15) is 5.26 Å². The van der Waals surface area contributed by atoms with Gasteiger partial charge in [0.2, 0.25) is 0 Å². The highest BCUT2D eigenvalue weighted by atomic mass is 79.9. The van der Waals surface area contributed by atoms with Crippen molar-refractivity contribution in [2.75, 3.05) is 13.1 Å². The first-order valence-electron chi connectivity index (χ1n) is 6.87. The number of likely N-dealkylation sites (tertiary alicyclic amines) is 1. The number of rotatable bonds is 2. The summed E-state index contributed by atoms with van der Waals surface area (Å²) in [5.41, 5.74) is 0.0634. The minimum Gasteiger partial charge on any atom is -0.444 e. The minimum absolute atomic E-state index is 0.347. The van der Waals surface area contributed by atoms with Gasteiger partial charge >= 0.3 is 6.09 Å². The molecule has 0 bridgehead atoms. The molecule has 0 radical (unpaired) electrons. The first-order chi connectivity index (χ1) is 9.75. The number of carbonyl (C=O) groups excluding carboxylic acids is 1. The highest BCUT2D eigenvalue weighted by Crippen LogP contribution is 2.36. The van der Waals surface area contributed by atoms with Gasteiger partial charge in [-0.1, -0.05) is 34.1 Å². The monoisotopic (exact) mass is 350 g/mol. The Labute approximate surface area is 133 Å². The summed E-state index contributed by atoms with van der Waals surface area (Å²) < 4.78 is 6.32. The quantitative estimate of drug-likeness (QED) is 0.815. The Morgan fingerprint density at radius 3 is 2.57 bits per heavy atom. The Bertz CT molecular complexity index is 581. The van der Waals surface area contributed by atoms with Crippen molar-refractivity contribution >= 4 is 22.0 Å². The average Bonchev–Trinajstić information content (AvgIpc) is 2.33. The number of nitrogens with zero attached hydrogens (tertiary/aromatic N) is 2. The fourth-order valence-corrected chi connectivity index (χ4v) is 2.79. The number of ether oxygens (including phenoxy) is 1. The molecule has 0 spiro atoms. The molecule has 2 rings (SSSR count). The minimum atomic E-state index is -0.513. The molecule has 4 nitrogen and oxygen atoms in total. The lowest BCUT2D eigenvalue weighted by molar-refractivity contribution is -0.0162. The van der Waals surface area contributed by atoms with Crippen molar-refractivity contribution in [3.63, 3.8) is 0 Å². The van der Waals surface area contributed by atoms with Gasteiger partial charge in [-0.3, -0.25) is 0 Å². The molecule has 1 aromatic rings. The van der Waals surface area contributed by atoms with Crippen LogP contribution < -0.4 is 0 Å². The Morgan fingerprint density at radius 1 is 1.43 bits per heavy atom. The number of nitriles is 1. The van der Waals surface area contributed by atoms with Crippen LogP contribution in [0.5, 0.6) is 0 Å². The van der Waals surface area contributed by atoms with Crippen molar-refractivity contribution in [2.45, 2.75) is 32.8 Å². The number of carbonyl (C=O) groups is 1. The third-order valence-electron chi connectivity index (χ3n) is 3.36. The summed E-state index contributed by atoms with van der Waals surface area (Å²) >= 11 is 3.50. The summed E-state index contributed by atoms with van der Waals surface area (Å²) in [5.74, 6) is 0. The highest BCUT2D eigenvalue weighted by molar-refractivity contribution is 9.10. The molecule has 1 saturated heterocycles. The molecule has 1 aliphatic heterocycles. The molecule has 1 fully saturated rings. The lowest BCUT2D eigenvalue weighted by atomic mass is 9.76. The van der Waals surface area contributed by atoms with E-state index in [4.69, 9.17) is 4.74 Å². The number of amides is 1. The van der Waals surface area contributed by atoms with Crippen LogP contribution in [0.1, 0.15) is 26.3 Å². The second-order valence-corrected chi connectivity index (χ2v) is 7.35. The predicted molar refractivity (Wildman–Crippen MR) is 83.7 cm³/mol. The van der Waals surface area contributed by atoms with E-state index in [1.807, 2.05) is 45.0 Å². The standard InChI is InChI=1S/C16H19BrN2O2/c1-15(2,3)21-14(20)19-10-16(9-18,11-19)8-12-6-4-5-7-13(12)17/h4-7H,8,10-11H2,1-3H3. The van der Waals surface area contributed by atoms with Gasteiger partial charge in [0.25, 0.3) is 0 Å². The zero-order valence-corrected chi connectivity index (χ0v) is 14.1. The van der Waals surface area contributed by atoms with Gasteiger partial charge in [0.15, 0.2) is 0 Å². The molecule has 0 aliphatic carbocycles. The molecule has 1 heterocycles. The van der Waals surface area contributed by atoms with Crippen LogP contribution in [0.2, 0.25) is 0 Å². The van der Waals surface area contributed by atoms with E-state index in [-0.39, 0.29) is 6.09 Å². The van der Waals surface area contributed by atoms with Gasteiger partial charge in [-0.25, -0.2) is 4.79 Å². The fourth-order valence-electron chi connectivity index (χ4n) is 2.37. The van der Waals surface area contributed by atoms with Crippen LogP contribution in [0.4, 0.5) is 4.79 Å². The molecular weight excluding hydrogens is 332 g/mol. The predicted octanol–water partition coefficient (Wildman–Crippen LogP) is 3.75. The summed E-state index contributed by atoms with van der Waals surface area (Å²) in [6, 6.07) is 10.2. The molecule has 1 aromatic carbocycles. The van der Waals surface area contributed by atoms with Crippen LogP contribution in [0.15, 0.2) is 28.7 Å². The summed E-state index contributed by atoms with van der Waals surface area (Å²) in [6.45, 7) is 6.34. The third kappa shape index (κ3) is 3.76. The Balaban J connectivity index is 2.00. The lowest BCUT2D eigenvalue weighted by Crippen LogP contribution is -2.59. The van der Waals surface area contributed by atoms with Crippen LogP contribution in [0.3, 0.4) is 0 Å². The van der Waals surface area contributed by atoms with E-state index >= 15 is 0 Å². The normalized spacial score (nSPS) is 16.8. The zero-order chi connectivity index (χ0) is 15.7. The molecule has 0 saturated carbocycles. The largest absolute Gasteiger partial charge is 0.444 e. The average molecular weight is 351 g/mol. The Kier molecular flexibility index (Phi) is 4.29. The molecule has 0 unspecified atom stereocenters. The molecule has 0 N–H and O–H groups in total. The van der Waals surface area contributed by atoms with Gasteiger partial charge < -0.3 is 9.64 Å². The van der Waals surface area contributed by atoms with E-state index in [1.165, 1.54) is 0 Å².